The fourth-order valence-electron chi connectivity index (χ4n) is 1.71. The van der Waals surface area contributed by atoms with Crippen molar-refractivity contribution >= 4 is 16.6 Å². The van der Waals surface area contributed by atoms with Crippen molar-refractivity contribution in [1.82, 2.24) is 0 Å². The quantitative estimate of drug-likeness (QED) is 0.417. The molecule has 0 unspecified atom stereocenters. The van der Waals surface area contributed by atoms with E-state index >= 15 is 0 Å². The molecule has 0 saturated carbocycles. The first-order valence-corrected chi connectivity index (χ1v) is 15.2. The molecule has 0 spiro atoms. The first-order chi connectivity index (χ1) is 11.0. The third kappa shape index (κ3) is 7.91. The molecule has 0 bridgehead atoms. The molecule has 0 aliphatic heterocycles. The molecule has 0 aromatic carbocycles. The van der Waals surface area contributed by atoms with Crippen LogP contribution in [0.5, 0.6) is 0 Å². The maximum atomic E-state index is 10.6. The number of hydrogen-bond acceptors (Lipinski definition) is 3. The van der Waals surface area contributed by atoms with E-state index in [9.17, 15) is 5.11 Å². The molecule has 5 heteroatoms. The largest absolute Gasteiger partial charge is 0.413 e. The van der Waals surface area contributed by atoms with Crippen LogP contribution in [0.25, 0.3) is 0 Å². The third-order valence-corrected chi connectivity index (χ3v) is 14.6. The van der Waals surface area contributed by atoms with Gasteiger partial charge < -0.3 is 14.0 Å². The fraction of sp³-hybridized carbons (Fsp3) is 0.800. The van der Waals surface area contributed by atoms with Crippen LogP contribution in [0.15, 0.2) is 24.3 Å². The Bertz CT molecular complexity index is 455. The number of rotatable bonds is 8. The lowest BCUT2D eigenvalue weighted by Gasteiger charge is -2.39. The summed E-state index contributed by atoms with van der Waals surface area (Å²) in [5, 5.41) is 10.9. The van der Waals surface area contributed by atoms with Gasteiger partial charge in [-0.15, -0.1) is 0 Å². The van der Waals surface area contributed by atoms with Gasteiger partial charge in [0.25, 0.3) is 0 Å². The average molecular weight is 387 g/mol. The van der Waals surface area contributed by atoms with E-state index in [4.69, 9.17) is 8.85 Å². The standard InChI is InChI=1S/C20H42O3Si2/c1-12-14-18(23-25(10,11)20(5,6)7)17(21)15-13-16-22-24(8,9)19(2,3)4/h12-15,17-18,21H,16H2,1-11H3/b14-12+,15-13+/t17-,18-/m0/s1. The predicted octanol–water partition coefficient (Wildman–Crippen LogP) is 5.89. The molecule has 148 valence electrons. The Balaban J connectivity index is 4.89. The van der Waals surface area contributed by atoms with E-state index in [1.807, 2.05) is 31.2 Å². The zero-order valence-corrected chi connectivity index (χ0v) is 20.4. The van der Waals surface area contributed by atoms with Crippen LogP contribution in [-0.2, 0) is 8.85 Å². The summed E-state index contributed by atoms with van der Waals surface area (Å²) in [5.74, 6) is 0. The second-order valence-corrected chi connectivity index (χ2v) is 19.4. The smallest absolute Gasteiger partial charge is 0.193 e. The monoisotopic (exact) mass is 386 g/mol. The summed E-state index contributed by atoms with van der Waals surface area (Å²) in [6.07, 6.45) is 6.66. The van der Waals surface area contributed by atoms with E-state index in [2.05, 4.69) is 67.7 Å². The van der Waals surface area contributed by atoms with Crippen LogP contribution in [0.4, 0.5) is 0 Å². The maximum Gasteiger partial charge on any atom is 0.193 e. The minimum absolute atomic E-state index is 0.113. The highest BCUT2D eigenvalue weighted by Crippen LogP contribution is 2.38. The second kappa shape index (κ2) is 9.13. The molecule has 3 nitrogen and oxygen atoms in total. The summed E-state index contributed by atoms with van der Waals surface area (Å²) < 4.78 is 12.5. The van der Waals surface area contributed by atoms with Crippen LogP contribution in [0.1, 0.15) is 48.5 Å². The van der Waals surface area contributed by atoms with Crippen LogP contribution in [0.2, 0.25) is 36.3 Å². The normalized spacial score (nSPS) is 17.4. The van der Waals surface area contributed by atoms with E-state index in [1.54, 1.807) is 0 Å². The van der Waals surface area contributed by atoms with E-state index < -0.39 is 22.7 Å². The van der Waals surface area contributed by atoms with Gasteiger partial charge in [-0.3, -0.25) is 0 Å². The SMILES string of the molecule is C/C=C/[C@H](O[Si](C)(C)C(C)(C)C)[C@@H](O)/C=C/CO[Si](C)(C)C(C)(C)C. The Hall–Kier alpha value is -0.206. The van der Waals surface area contributed by atoms with E-state index in [0.717, 1.165) is 0 Å². The highest BCUT2D eigenvalue weighted by molar-refractivity contribution is 6.74. The minimum atomic E-state index is -1.94. The van der Waals surface area contributed by atoms with Gasteiger partial charge in [-0.25, -0.2) is 0 Å². The van der Waals surface area contributed by atoms with Crippen LogP contribution >= 0.6 is 0 Å². The molecular formula is C20H42O3Si2. The molecule has 0 heterocycles. The molecule has 0 radical (unpaired) electrons. The van der Waals surface area contributed by atoms with Gasteiger partial charge in [0.2, 0.25) is 0 Å². The molecule has 0 saturated heterocycles. The fourth-order valence-corrected chi connectivity index (χ4v) is 3.90. The topological polar surface area (TPSA) is 38.7 Å². The summed E-state index contributed by atoms with van der Waals surface area (Å²) in [6, 6.07) is 0. The van der Waals surface area contributed by atoms with E-state index in [-0.39, 0.29) is 16.2 Å². The van der Waals surface area contributed by atoms with Crippen molar-refractivity contribution in [2.75, 3.05) is 6.61 Å². The van der Waals surface area contributed by atoms with Crippen LogP contribution < -0.4 is 0 Å². The maximum absolute atomic E-state index is 10.6. The summed E-state index contributed by atoms with van der Waals surface area (Å²) in [5.41, 5.74) is 0. The number of aliphatic hydroxyl groups excluding tert-OH is 1. The van der Waals surface area contributed by atoms with Gasteiger partial charge in [0.05, 0.1) is 12.7 Å². The van der Waals surface area contributed by atoms with Gasteiger partial charge in [0, 0.05) is 0 Å². The van der Waals surface area contributed by atoms with E-state index in [1.165, 1.54) is 0 Å². The van der Waals surface area contributed by atoms with Gasteiger partial charge in [-0.2, -0.15) is 0 Å². The molecule has 0 aliphatic carbocycles. The Morgan fingerprint density at radius 3 is 1.76 bits per heavy atom. The summed E-state index contributed by atoms with van der Waals surface area (Å²) in [6.45, 7) is 24.7. The van der Waals surface area contributed by atoms with Crippen molar-refractivity contribution in [1.29, 1.82) is 0 Å². The zero-order chi connectivity index (χ0) is 20.1. The van der Waals surface area contributed by atoms with Gasteiger partial charge in [0.15, 0.2) is 16.6 Å². The Labute approximate surface area is 158 Å². The molecule has 1 N–H and O–H groups in total. The number of allylic oxidation sites excluding steroid dienone is 1. The molecule has 0 aromatic rings. The Morgan fingerprint density at radius 1 is 0.880 bits per heavy atom. The van der Waals surface area contributed by atoms with Crippen molar-refractivity contribution in [3.63, 3.8) is 0 Å². The molecule has 0 fully saturated rings. The van der Waals surface area contributed by atoms with Crippen molar-refractivity contribution in [3.8, 4) is 0 Å². The molecule has 25 heavy (non-hydrogen) atoms. The average Bonchev–Trinajstić information content (AvgIpc) is 2.40. The van der Waals surface area contributed by atoms with Gasteiger partial charge in [-0.1, -0.05) is 65.8 Å². The van der Waals surface area contributed by atoms with Crippen molar-refractivity contribution < 1.29 is 14.0 Å². The molecule has 2 atom stereocenters. The number of aliphatic hydroxyl groups is 1. The first kappa shape index (κ1) is 24.8. The molecule has 0 rings (SSSR count). The Kier molecular flexibility index (Phi) is 9.06. The predicted molar refractivity (Wildman–Crippen MR) is 115 cm³/mol. The number of hydrogen-bond donors (Lipinski definition) is 1. The van der Waals surface area contributed by atoms with Crippen LogP contribution in [0.3, 0.4) is 0 Å². The van der Waals surface area contributed by atoms with Crippen molar-refractivity contribution in [2.24, 2.45) is 0 Å². The lowest BCUT2D eigenvalue weighted by atomic mass is 10.2. The molecule has 0 amide bonds. The van der Waals surface area contributed by atoms with Crippen LogP contribution in [-0.4, -0.2) is 40.6 Å². The lowest BCUT2D eigenvalue weighted by molar-refractivity contribution is 0.0869. The van der Waals surface area contributed by atoms with Crippen molar-refractivity contribution in [2.45, 2.75) is 96.9 Å². The minimum Gasteiger partial charge on any atom is -0.413 e. The van der Waals surface area contributed by atoms with Gasteiger partial charge >= 0.3 is 0 Å². The highest BCUT2D eigenvalue weighted by atomic mass is 28.4. The summed E-state index contributed by atoms with van der Waals surface area (Å²) in [7, 11) is -3.69. The molecule has 0 aliphatic rings. The van der Waals surface area contributed by atoms with Gasteiger partial charge in [0.1, 0.15) is 6.10 Å². The molecular weight excluding hydrogens is 344 g/mol. The van der Waals surface area contributed by atoms with Gasteiger partial charge in [-0.05, 0) is 43.2 Å². The lowest BCUT2D eigenvalue weighted by Crippen LogP contribution is -2.46. The second-order valence-electron chi connectivity index (χ2n) is 9.86. The Morgan fingerprint density at radius 2 is 1.36 bits per heavy atom. The highest BCUT2D eigenvalue weighted by Gasteiger charge is 2.40. The summed E-state index contributed by atoms with van der Waals surface area (Å²) in [4.78, 5) is 0. The zero-order valence-electron chi connectivity index (χ0n) is 18.4. The molecule has 0 aromatic heterocycles. The van der Waals surface area contributed by atoms with Crippen LogP contribution in [0, 0.1) is 0 Å². The first-order valence-electron chi connectivity index (χ1n) is 9.34. The van der Waals surface area contributed by atoms with E-state index in [0.29, 0.717) is 6.61 Å². The summed E-state index contributed by atoms with van der Waals surface area (Å²) >= 11 is 0. The van der Waals surface area contributed by atoms with Crippen molar-refractivity contribution in [3.05, 3.63) is 24.3 Å². The third-order valence-electron chi connectivity index (χ3n) is 5.64.